The molecule has 0 bridgehead atoms. The largest absolute Gasteiger partial charge is 0.454 e. The average Bonchev–Trinajstić information content (AvgIpc) is 3.22. The molecule has 0 unspecified atom stereocenters. The lowest BCUT2D eigenvalue weighted by Gasteiger charge is -2.14. The molecular formula is C22H17Cl2N3O5. The van der Waals surface area contributed by atoms with Gasteiger partial charge >= 0.3 is 0 Å². The smallest absolute Gasteiger partial charge is 0.243 e. The Kier molecular flexibility index (Phi) is 6.34. The van der Waals surface area contributed by atoms with Crippen LogP contribution in [0.3, 0.4) is 0 Å². The summed E-state index contributed by atoms with van der Waals surface area (Å²) in [5, 5.41) is 6.38. The number of para-hydroxylation sites is 2. The number of rotatable bonds is 7. The number of nitrogens with one attached hydrogen (secondary N) is 2. The van der Waals surface area contributed by atoms with Gasteiger partial charge in [0.25, 0.3) is 0 Å². The van der Waals surface area contributed by atoms with E-state index < -0.39 is 0 Å². The van der Waals surface area contributed by atoms with Crippen LogP contribution in [0.15, 0.2) is 48.7 Å². The van der Waals surface area contributed by atoms with E-state index in [-0.39, 0.29) is 35.9 Å². The number of anilines is 2. The Morgan fingerprint density at radius 3 is 2.59 bits per heavy atom. The SMILES string of the molecule is CC(=O)c1cc2c(cc1NC(=O)CNc1ccccc1Oc1ncc(Cl)cc1Cl)OCO2. The zero-order valence-corrected chi connectivity index (χ0v) is 18.3. The summed E-state index contributed by atoms with van der Waals surface area (Å²) in [5.41, 5.74) is 1.22. The number of halogens is 2. The van der Waals surface area contributed by atoms with Crippen LogP contribution in [0.1, 0.15) is 17.3 Å². The highest BCUT2D eigenvalue weighted by atomic mass is 35.5. The minimum Gasteiger partial charge on any atom is -0.454 e. The second kappa shape index (κ2) is 9.33. The highest BCUT2D eigenvalue weighted by molar-refractivity contribution is 6.35. The van der Waals surface area contributed by atoms with Gasteiger partial charge in [0.2, 0.25) is 18.6 Å². The Hall–Kier alpha value is -3.49. The summed E-state index contributed by atoms with van der Waals surface area (Å²) < 4.78 is 16.4. The molecule has 2 aromatic carbocycles. The van der Waals surface area contributed by atoms with Crippen molar-refractivity contribution in [2.24, 2.45) is 0 Å². The Bertz CT molecular complexity index is 1200. The summed E-state index contributed by atoms with van der Waals surface area (Å²) in [7, 11) is 0. The van der Waals surface area contributed by atoms with Gasteiger partial charge in [-0.1, -0.05) is 35.3 Å². The zero-order chi connectivity index (χ0) is 22.7. The summed E-state index contributed by atoms with van der Waals surface area (Å²) >= 11 is 12.0. The Morgan fingerprint density at radius 1 is 1.09 bits per heavy atom. The number of hydrogen-bond acceptors (Lipinski definition) is 7. The number of hydrogen-bond donors (Lipinski definition) is 2. The summed E-state index contributed by atoms with van der Waals surface area (Å²) in [6, 6.07) is 11.7. The number of pyridine rings is 1. The first-order valence-corrected chi connectivity index (χ1v) is 10.2. The van der Waals surface area contributed by atoms with Crippen LogP contribution in [0.25, 0.3) is 0 Å². The van der Waals surface area contributed by atoms with E-state index in [4.69, 9.17) is 37.4 Å². The number of fused-ring (bicyclic) bond motifs is 1. The van der Waals surface area contributed by atoms with Gasteiger partial charge in [0, 0.05) is 17.8 Å². The molecule has 0 saturated carbocycles. The molecule has 0 atom stereocenters. The van der Waals surface area contributed by atoms with Gasteiger partial charge in [0.05, 0.1) is 22.9 Å². The number of nitrogens with zero attached hydrogens (tertiary/aromatic N) is 1. The van der Waals surface area contributed by atoms with Gasteiger partial charge < -0.3 is 24.8 Å². The number of carbonyl (C=O) groups excluding carboxylic acids is 2. The van der Waals surface area contributed by atoms with E-state index in [0.29, 0.717) is 39.2 Å². The molecular weight excluding hydrogens is 457 g/mol. The molecule has 0 spiro atoms. The first kappa shape index (κ1) is 21.7. The maximum absolute atomic E-state index is 12.6. The second-order valence-corrected chi connectivity index (χ2v) is 7.59. The molecule has 32 heavy (non-hydrogen) atoms. The topological polar surface area (TPSA) is 98.8 Å². The van der Waals surface area contributed by atoms with Crippen molar-refractivity contribution in [3.63, 3.8) is 0 Å². The minimum absolute atomic E-state index is 0.0644. The van der Waals surface area contributed by atoms with Crippen LogP contribution in [-0.2, 0) is 4.79 Å². The molecule has 164 valence electrons. The fourth-order valence-corrected chi connectivity index (χ4v) is 3.41. The number of benzene rings is 2. The first-order chi connectivity index (χ1) is 15.4. The molecule has 10 heteroatoms. The van der Waals surface area contributed by atoms with Crippen LogP contribution >= 0.6 is 23.2 Å². The number of carbonyl (C=O) groups is 2. The van der Waals surface area contributed by atoms with Crippen molar-refractivity contribution in [2.45, 2.75) is 6.92 Å². The molecule has 1 aromatic heterocycles. The van der Waals surface area contributed by atoms with E-state index >= 15 is 0 Å². The van der Waals surface area contributed by atoms with Crippen LogP contribution in [-0.4, -0.2) is 30.0 Å². The van der Waals surface area contributed by atoms with E-state index in [9.17, 15) is 9.59 Å². The summed E-state index contributed by atoms with van der Waals surface area (Å²) in [5.74, 6) is 0.948. The van der Waals surface area contributed by atoms with Crippen molar-refractivity contribution in [3.8, 4) is 23.1 Å². The van der Waals surface area contributed by atoms with Gasteiger partial charge in [-0.05, 0) is 31.2 Å². The predicted octanol–water partition coefficient (Wildman–Crippen LogP) is 5.16. The van der Waals surface area contributed by atoms with Crippen LogP contribution in [0.4, 0.5) is 11.4 Å². The van der Waals surface area contributed by atoms with Gasteiger partial charge in [0.15, 0.2) is 23.0 Å². The highest BCUT2D eigenvalue weighted by Crippen LogP contribution is 2.37. The van der Waals surface area contributed by atoms with E-state index in [2.05, 4.69) is 15.6 Å². The van der Waals surface area contributed by atoms with Crippen molar-refractivity contribution in [1.82, 2.24) is 4.98 Å². The lowest BCUT2D eigenvalue weighted by atomic mass is 10.1. The van der Waals surface area contributed by atoms with E-state index in [1.54, 1.807) is 36.4 Å². The standard InChI is InChI=1S/C22H17Cl2N3O5/c1-12(28)14-7-19-20(31-11-30-19)8-17(14)27-21(29)10-25-16-4-2-3-5-18(16)32-22-15(24)6-13(23)9-26-22/h2-9,25H,10-11H2,1H3,(H,27,29). The maximum atomic E-state index is 12.6. The molecule has 1 aliphatic heterocycles. The normalized spacial score (nSPS) is 11.7. The number of Topliss-reactive ketones (excluding diaryl/α,β-unsaturated/α-hetero) is 1. The Balaban J connectivity index is 1.46. The van der Waals surface area contributed by atoms with Gasteiger partial charge in [-0.15, -0.1) is 0 Å². The predicted molar refractivity (Wildman–Crippen MR) is 120 cm³/mol. The van der Waals surface area contributed by atoms with Crippen LogP contribution in [0.2, 0.25) is 10.0 Å². The van der Waals surface area contributed by atoms with Crippen LogP contribution in [0, 0.1) is 0 Å². The molecule has 1 amide bonds. The van der Waals surface area contributed by atoms with Gasteiger partial charge in [-0.3, -0.25) is 9.59 Å². The quantitative estimate of drug-likeness (QED) is 0.457. The summed E-state index contributed by atoms with van der Waals surface area (Å²) in [4.78, 5) is 28.6. The van der Waals surface area contributed by atoms with Gasteiger partial charge in [0.1, 0.15) is 5.02 Å². The fourth-order valence-electron chi connectivity index (χ4n) is 2.99. The molecule has 0 saturated heterocycles. The average molecular weight is 474 g/mol. The van der Waals surface area contributed by atoms with Crippen LogP contribution < -0.4 is 24.8 Å². The van der Waals surface area contributed by atoms with Crippen molar-refractivity contribution in [2.75, 3.05) is 24.0 Å². The van der Waals surface area contributed by atoms with Crippen molar-refractivity contribution >= 4 is 46.3 Å². The fraction of sp³-hybridized carbons (Fsp3) is 0.136. The third-order valence-electron chi connectivity index (χ3n) is 4.47. The van der Waals surface area contributed by atoms with Crippen molar-refractivity contribution < 1.29 is 23.8 Å². The number of ketones is 1. The Labute approximate surface area is 193 Å². The van der Waals surface area contributed by atoms with Crippen molar-refractivity contribution in [3.05, 3.63) is 64.3 Å². The third kappa shape index (κ3) is 4.87. The van der Waals surface area contributed by atoms with Crippen LogP contribution in [0.5, 0.6) is 23.1 Å². The molecule has 2 N–H and O–H groups in total. The van der Waals surface area contributed by atoms with Gasteiger partial charge in [-0.25, -0.2) is 4.98 Å². The molecule has 3 aromatic rings. The van der Waals surface area contributed by atoms with E-state index in [1.807, 2.05) is 0 Å². The van der Waals surface area contributed by atoms with Crippen molar-refractivity contribution in [1.29, 1.82) is 0 Å². The Morgan fingerprint density at radius 2 is 1.84 bits per heavy atom. The minimum atomic E-state index is -0.371. The number of ether oxygens (including phenoxy) is 3. The second-order valence-electron chi connectivity index (χ2n) is 6.75. The molecule has 1 aliphatic rings. The number of amides is 1. The molecule has 4 rings (SSSR count). The lowest BCUT2D eigenvalue weighted by Crippen LogP contribution is -2.23. The first-order valence-electron chi connectivity index (χ1n) is 9.47. The number of aromatic nitrogens is 1. The molecule has 8 nitrogen and oxygen atoms in total. The molecule has 0 radical (unpaired) electrons. The molecule has 0 fully saturated rings. The van der Waals surface area contributed by atoms with E-state index in [1.165, 1.54) is 19.2 Å². The monoisotopic (exact) mass is 473 g/mol. The summed E-state index contributed by atoms with van der Waals surface area (Å²) in [6.45, 7) is 1.39. The van der Waals surface area contributed by atoms with Gasteiger partial charge in [-0.2, -0.15) is 0 Å². The summed E-state index contributed by atoms with van der Waals surface area (Å²) in [6.07, 6.45) is 1.42. The molecule has 2 heterocycles. The van der Waals surface area contributed by atoms with E-state index in [0.717, 1.165) is 0 Å². The maximum Gasteiger partial charge on any atom is 0.243 e. The molecule has 0 aliphatic carbocycles. The zero-order valence-electron chi connectivity index (χ0n) is 16.8. The lowest BCUT2D eigenvalue weighted by molar-refractivity contribution is -0.114. The third-order valence-corrected chi connectivity index (χ3v) is 4.95. The highest BCUT2D eigenvalue weighted by Gasteiger charge is 2.20.